The van der Waals surface area contributed by atoms with Gasteiger partial charge in [0, 0.05) is 17.0 Å². The molecule has 3 nitrogen and oxygen atoms in total. The molecule has 0 fully saturated rings. The van der Waals surface area contributed by atoms with Crippen molar-refractivity contribution in [3.63, 3.8) is 0 Å². The summed E-state index contributed by atoms with van der Waals surface area (Å²) >= 11 is 3.61. The molecule has 0 radical (unpaired) electrons. The minimum atomic E-state index is 0.324. The zero-order valence-corrected chi connectivity index (χ0v) is 12.0. The molecule has 0 unspecified atom stereocenters. The number of aromatic nitrogens is 2. The molecule has 0 amide bonds. The Morgan fingerprint density at radius 3 is 2.94 bits per heavy atom. The second-order valence-corrected chi connectivity index (χ2v) is 7.57. The first kappa shape index (κ1) is 12.6. The van der Waals surface area contributed by atoms with Gasteiger partial charge in [-0.3, -0.25) is 0 Å². The van der Waals surface area contributed by atoms with Gasteiger partial charge in [0.05, 0.1) is 5.39 Å². The summed E-state index contributed by atoms with van der Waals surface area (Å²) in [6, 6.07) is 2.07. The van der Waals surface area contributed by atoms with Gasteiger partial charge in [0.25, 0.3) is 0 Å². The highest BCUT2D eigenvalue weighted by Crippen LogP contribution is 2.25. The van der Waals surface area contributed by atoms with Crippen LogP contribution in [-0.2, 0) is 0 Å². The molecular weight excluding hydrogens is 250 g/mol. The monoisotopic (exact) mass is 267 g/mol. The number of thiophene rings is 1. The van der Waals surface area contributed by atoms with E-state index in [9.17, 15) is 0 Å². The first-order valence-corrected chi connectivity index (χ1v) is 7.49. The Morgan fingerprint density at radius 2 is 2.18 bits per heavy atom. The lowest BCUT2D eigenvalue weighted by Crippen LogP contribution is -2.13. The van der Waals surface area contributed by atoms with E-state index in [0.717, 1.165) is 28.3 Å². The van der Waals surface area contributed by atoms with Crippen molar-refractivity contribution in [2.45, 2.75) is 25.5 Å². The SMILES string of the molecule is CC(C)(C)SCCNc1ncnc2sccc12. The van der Waals surface area contributed by atoms with Gasteiger partial charge in [-0.25, -0.2) is 9.97 Å². The summed E-state index contributed by atoms with van der Waals surface area (Å²) in [5.41, 5.74) is 0. The Hall–Kier alpha value is -0.810. The van der Waals surface area contributed by atoms with E-state index >= 15 is 0 Å². The highest BCUT2D eigenvalue weighted by atomic mass is 32.2. The Kier molecular flexibility index (Phi) is 3.89. The highest BCUT2D eigenvalue weighted by Gasteiger charge is 2.10. The molecule has 1 N–H and O–H groups in total. The molecule has 2 rings (SSSR count). The fourth-order valence-electron chi connectivity index (χ4n) is 1.46. The molecule has 0 saturated heterocycles. The largest absolute Gasteiger partial charge is 0.369 e. The first-order valence-electron chi connectivity index (χ1n) is 5.62. The summed E-state index contributed by atoms with van der Waals surface area (Å²) in [7, 11) is 0. The zero-order valence-electron chi connectivity index (χ0n) is 10.4. The van der Waals surface area contributed by atoms with E-state index in [1.54, 1.807) is 17.7 Å². The molecule has 0 aliphatic rings. The van der Waals surface area contributed by atoms with Crippen LogP contribution in [-0.4, -0.2) is 27.0 Å². The number of rotatable bonds is 4. The smallest absolute Gasteiger partial charge is 0.138 e. The van der Waals surface area contributed by atoms with Crippen molar-refractivity contribution >= 4 is 39.1 Å². The molecule has 0 atom stereocenters. The fourth-order valence-corrected chi connectivity index (χ4v) is 3.01. The number of nitrogens with one attached hydrogen (secondary N) is 1. The molecule has 17 heavy (non-hydrogen) atoms. The van der Waals surface area contributed by atoms with Gasteiger partial charge in [0.15, 0.2) is 0 Å². The van der Waals surface area contributed by atoms with Crippen LogP contribution in [0.25, 0.3) is 10.2 Å². The Bertz CT molecular complexity index is 488. The van der Waals surface area contributed by atoms with Gasteiger partial charge in [-0.1, -0.05) is 20.8 Å². The Labute approximate surface area is 110 Å². The van der Waals surface area contributed by atoms with Gasteiger partial charge in [-0.05, 0) is 11.4 Å². The van der Waals surface area contributed by atoms with E-state index in [4.69, 9.17) is 0 Å². The molecule has 0 bridgehead atoms. The number of hydrogen-bond donors (Lipinski definition) is 1. The lowest BCUT2D eigenvalue weighted by atomic mass is 10.3. The average Bonchev–Trinajstić information content (AvgIpc) is 2.71. The molecule has 2 heterocycles. The van der Waals surface area contributed by atoms with Crippen LogP contribution < -0.4 is 5.32 Å². The van der Waals surface area contributed by atoms with E-state index in [1.165, 1.54) is 0 Å². The number of anilines is 1. The standard InChI is InChI=1S/C12H17N3S2/c1-12(2,3)17-7-5-13-10-9-4-6-16-11(9)15-8-14-10/h4,6,8H,5,7H2,1-3H3,(H,13,14,15). The number of hydrogen-bond acceptors (Lipinski definition) is 5. The van der Waals surface area contributed by atoms with Gasteiger partial charge in [-0.2, -0.15) is 11.8 Å². The summed E-state index contributed by atoms with van der Waals surface area (Å²) in [6.45, 7) is 7.64. The van der Waals surface area contributed by atoms with Crippen LogP contribution in [0.15, 0.2) is 17.8 Å². The third-order valence-electron chi connectivity index (χ3n) is 2.19. The summed E-state index contributed by atoms with van der Waals surface area (Å²) in [4.78, 5) is 9.57. The van der Waals surface area contributed by atoms with Crippen LogP contribution in [0.3, 0.4) is 0 Å². The third-order valence-corrected chi connectivity index (χ3v) is 4.29. The average molecular weight is 267 g/mol. The minimum absolute atomic E-state index is 0.324. The molecule has 2 aromatic rings. The van der Waals surface area contributed by atoms with E-state index in [-0.39, 0.29) is 0 Å². The summed E-state index contributed by atoms with van der Waals surface area (Å²) in [6.07, 6.45) is 1.62. The van der Waals surface area contributed by atoms with Gasteiger partial charge < -0.3 is 5.32 Å². The molecule has 0 spiro atoms. The fraction of sp³-hybridized carbons (Fsp3) is 0.500. The predicted octanol–water partition coefficient (Wildman–Crippen LogP) is 3.63. The number of fused-ring (bicyclic) bond motifs is 1. The molecular formula is C12H17N3S2. The maximum absolute atomic E-state index is 4.29. The second kappa shape index (κ2) is 5.23. The van der Waals surface area contributed by atoms with Crippen molar-refractivity contribution in [1.29, 1.82) is 0 Å². The maximum Gasteiger partial charge on any atom is 0.138 e. The van der Waals surface area contributed by atoms with E-state index in [2.05, 4.69) is 47.5 Å². The van der Waals surface area contributed by atoms with Crippen molar-refractivity contribution in [2.75, 3.05) is 17.6 Å². The van der Waals surface area contributed by atoms with E-state index in [1.807, 2.05) is 11.8 Å². The molecule has 2 aromatic heterocycles. The topological polar surface area (TPSA) is 37.8 Å². The number of nitrogens with zero attached hydrogens (tertiary/aromatic N) is 2. The zero-order chi connectivity index (χ0) is 12.3. The second-order valence-electron chi connectivity index (χ2n) is 4.75. The van der Waals surface area contributed by atoms with Gasteiger partial charge in [-0.15, -0.1) is 11.3 Å². The minimum Gasteiger partial charge on any atom is -0.369 e. The third kappa shape index (κ3) is 3.57. The van der Waals surface area contributed by atoms with Crippen LogP contribution in [0.4, 0.5) is 5.82 Å². The Balaban J connectivity index is 1.93. The first-order chi connectivity index (χ1) is 8.06. The van der Waals surface area contributed by atoms with Crippen LogP contribution in [0, 0.1) is 0 Å². The van der Waals surface area contributed by atoms with Crippen LogP contribution in [0.5, 0.6) is 0 Å². The molecule has 0 aromatic carbocycles. The Morgan fingerprint density at radius 1 is 1.35 bits per heavy atom. The normalized spacial score (nSPS) is 11.9. The molecule has 5 heteroatoms. The summed E-state index contributed by atoms with van der Waals surface area (Å²) in [5, 5.41) is 6.55. The summed E-state index contributed by atoms with van der Waals surface area (Å²) in [5.74, 6) is 2.03. The molecule has 0 aliphatic carbocycles. The van der Waals surface area contributed by atoms with E-state index < -0.39 is 0 Å². The van der Waals surface area contributed by atoms with Crippen molar-refractivity contribution < 1.29 is 0 Å². The lowest BCUT2D eigenvalue weighted by molar-refractivity contribution is 0.802. The predicted molar refractivity (Wildman–Crippen MR) is 78.1 cm³/mol. The van der Waals surface area contributed by atoms with Crippen molar-refractivity contribution in [3.8, 4) is 0 Å². The molecule has 0 saturated carbocycles. The van der Waals surface area contributed by atoms with Crippen molar-refractivity contribution in [3.05, 3.63) is 17.8 Å². The molecule has 0 aliphatic heterocycles. The van der Waals surface area contributed by atoms with E-state index in [0.29, 0.717) is 4.75 Å². The van der Waals surface area contributed by atoms with Crippen molar-refractivity contribution in [2.24, 2.45) is 0 Å². The molecule has 92 valence electrons. The quantitative estimate of drug-likeness (QED) is 0.858. The highest BCUT2D eigenvalue weighted by molar-refractivity contribution is 8.00. The van der Waals surface area contributed by atoms with Crippen LogP contribution in [0.1, 0.15) is 20.8 Å². The number of thioether (sulfide) groups is 1. The van der Waals surface area contributed by atoms with Gasteiger partial charge >= 0.3 is 0 Å². The van der Waals surface area contributed by atoms with Crippen molar-refractivity contribution in [1.82, 2.24) is 9.97 Å². The van der Waals surface area contributed by atoms with Crippen LogP contribution >= 0.6 is 23.1 Å². The van der Waals surface area contributed by atoms with Gasteiger partial charge in [0.1, 0.15) is 17.0 Å². The van der Waals surface area contributed by atoms with Gasteiger partial charge in [0.2, 0.25) is 0 Å². The van der Waals surface area contributed by atoms with Crippen LogP contribution in [0.2, 0.25) is 0 Å². The summed E-state index contributed by atoms with van der Waals surface area (Å²) < 4.78 is 0.324. The maximum atomic E-state index is 4.29. The lowest BCUT2D eigenvalue weighted by Gasteiger charge is -2.17.